The van der Waals surface area contributed by atoms with Gasteiger partial charge in [-0.05, 0) is 53.6 Å². The molecule has 1 N–H and O–H groups in total. The predicted octanol–water partition coefficient (Wildman–Crippen LogP) is 2.73. The second-order valence-electron chi connectivity index (χ2n) is 9.34. The predicted molar refractivity (Wildman–Crippen MR) is 102 cm³/mol. The summed E-state index contributed by atoms with van der Waals surface area (Å²) in [6, 6.07) is 0.774. The van der Waals surface area contributed by atoms with Gasteiger partial charge in [-0.1, -0.05) is 34.6 Å². The van der Waals surface area contributed by atoms with Gasteiger partial charge in [-0.2, -0.15) is 9.10 Å². The summed E-state index contributed by atoms with van der Waals surface area (Å²) in [4.78, 5) is 15.3. The maximum atomic E-state index is 13.4. The van der Waals surface area contributed by atoms with Gasteiger partial charge in [-0.25, -0.2) is 8.42 Å². The molecule has 0 aromatic carbocycles. The van der Waals surface area contributed by atoms with Crippen LogP contribution in [-0.4, -0.2) is 42.2 Å². The minimum atomic E-state index is -3.77. The van der Waals surface area contributed by atoms with Crippen LogP contribution in [0, 0.1) is 22.7 Å². The number of hydrogen-bond acceptors (Lipinski definition) is 5. The second-order valence-corrected chi connectivity index (χ2v) is 12.1. The van der Waals surface area contributed by atoms with Gasteiger partial charge in [0, 0.05) is 18.8 Å². The maximum Gasteiger partial charge on any atom is 0.252 e. The summed E-state index contributed by atoms with van der Waals surface area (Å²) in [5, 5.41) is 0. The smallest absolute Gasteiger partial charge is 0.252 e. The highest BCUT2D eigenvalue weighted by atomic mass is 32.2. The maximum absolute atomic E-state index is 13.4. The molecule has 3 fully saturated rings. The van der Waals surface area contributed by atoms with Crippen LogP contribution in [0.3, 0.4) is 0 Å². The Morgan fingerprint density at radius 1 is 1.42 bits per heavy atom. The summed E-state index contributed by atoms with van der Waals surface area (Å²) in [7, 11) is -3.77. The van der Waals surface area contributed by atoms with Crippen LogP contribution >= 0.6 is 11.5 Å². The highest BCUT2D eigenvalue weighted by Gasteiger charge is 2.57. The van der Waals surface area contributed by atoms with Gasteiger partial charge in [-0.15, -0.1) is 0 Å². The van der Waals surface area contributed by atoms with Gasteiger partial charge in [-0.3, -0.25) is 4.79 Å². The van der Waals surface area contributed by atoms with Crippen molar-refractivity contribution in [2.45, 2.75) is 64.3 Å². The Morgan fingerprint density at radius 2 is 2.08 bits per heavy atom. The standard InChI is InChI=1S/C18H29N3O3S2/c1-11-13-9-12(18(13,5)6)10-21(11)16(22)15(17(2,3)4)20-26(23,24)14-7-8-19-25-14/h7-8,11-13,15,20H,9-10H2,1-6H3/t11-,12-,13+,15-/m1/s1. The molecule has 146 valence electrons. The Kier molecular flexibility index (Phi) is 4.77. The highest BCUT2D eigenvalue weighted by molar-refractivity contribution is 7.91. The molecule has 2 bridgehead atoms. The van der Waals surface area contributed by atoms with Gasteiger partial charge in [0.25, 0.3) is 10.0 Å². The first-order valence-corrected chi connectivity index (χ1v) is 11.3. The van der Waals surface area contributed by atoms with Gasteiger partial charge >= 0.3 is 0 Å². The van der Waals surface area contributed by atoms with E-state index in [1.54, 1.807) is 0 Å². The quantitative estimate of drug-likeness (QED) is 0.844. The van der Waals surface area contributed by atoms with E-state index >= 15 is 0 Å². The average Bonchev–Trinajstić information content (AvgIpc) is 3.06. The summed E-state index contributed by atoms with van der Waals surface area (Å²) in [5.41, 5.74) is -0.277. The van der Waals surface area contributed by atoms with Crippen LogP contribution in [-0.2, 0) is 14.8 Å². The first-order valence-electron chi connectivity index (χ1n) is 9.09. The molecule has 6 nitrogen and oxygen atoms in total. The third-order valence-electron chi connectivity index (χ3n) is 6.39. The first kappa shape index (κ1) is 19.8. The molecule has 3 aliphatic rings. The molecule has 2 aliphatic heterocycles. The van der Waals surface area contributed by atoms with Crippen molar-refractivity contribution in [1.82, 2.24) is 14.0 Å². The van der Waals surface area contributed by atoms with E-state index < -0.39 is 21.5 Å². The van der Waals surface area contributed by atoms with E-state index in [1.165, 1.54) is 12.3 Å². The highest BCUT2D eigenvalue weighted by Crippen LogP contribution is 2.57. The number of hydrogen-bond donors (Lipinski definition) is 1. The number of nitrogens with one attached hydrogen (secondary N) is 1. The van der Waals surface area contributed by atoms with E-state index in [-0.39, 0.29) is 21.6 Å². The number of piperidine rings is 2. The van der Waals surface area contributed by atoms with E-state index in [9.17, 15) is 13.2 Å². The Hall–Kier alpha value is -0.990. The van der Waals surface area contributed by atoms with Gasteiger partial charge in [0.1, 0.15) is 6.04 Å². The third kappa shape index (κ3) is 3.20. The van der Waals surface area contributed by atoms with Crippen molar-refractivity contribution in [3.8, 4) is 0 Å². The van der Waals surface area contributed by atoms with Crippen molar-refractivity contribution in [2.24, 2.45) is 22.7 Å². The zero-order valence-electron chi connectivity index (χ0n) is 16.3. The fourth-order valence-corrected chi connectivity index (χ4v) is 6.55. The lowest BCUT2D eigenvalue weighted by Gasteiger charge is -2.63. The Balaban J connectivity index is 1.84. The zero-order chi connectivity index (χ0) is 19.5. The van der Waals surface area contributed by atoms with Crippen LogP contribution in [0.4, 0.5) is 0 Å². The van der Waals surface area contributed by atoms with Gasteiger partial charge < -0.3 is 4.90 Å². The molecule has 3 heterocycles. The lowest BCUT2D eigenvalue weighted by atomic mass is 9.50. The van der Waals surface area contributed by atoms with E-state index in [0.29, 0.717) is 18.4 Å². The molecule has 0 radical (unpaired) electrons. The molecule has 1 amide bonds. The van der Waals surface area contributed by atoms with Crippen molar-refractivity contribution >= 4 is 27.5 Å². The Morgan fingerprint density at radius 3 is 2.54 bits per heavy atom. The normalized spacial score (nSPS) is 29.2. The van der Waals surface area contributed by atoms with Gasteiger partial charge in [0.2, 0.25) is 5.91 Å². The summed E-state index contributed by atoms with van der Waals surface area (Å²) in [6.07, 6.45) is 2.61. The molecule has 1 aliphatic carbocycles. The van der Waals surface area contributed by atoms with Crippen LogP contribution in [0.2, 0.25) is 0 Å². The topological polar surface area (TPSA) is 79.4 Å². The molecular weight excluding hydrogens is 370 g/mol. The third-order valence-corrected chi connectivity index (χ3v) is 9.02. The lowest BCUT2D eigenvalue weighted by molar-refractivity contribution is -0.169. The monoisotopic (exact) mass is 399 g/mol. The average molecular weight is 400 g/mol. The van der Waals surface area contributed by atoms with Crippen LogP contribution in [0.25, 0.3) is 0 Å². The molecule has 26 heavy (non-hydrogen) atoms. The molecule has 8 heteroatoms. The molecule has 2 saturated heterocycles. The number of amides is 1. The van der Waals surface area contributed by atoms with Crippen molar-refractivity contribution in [3.63, 3.8) is 0 Å². The number of carbonyl (C=O) groups is 1. The molecule has 1 aromatic rings. The summed E-state index contributed by atoms with van der Waals surface area (Å²) < 4.78 is 32.0. The Bertz CT molecular complexity index is 781. The van der Waals surface area contributed by atoms with Crippen molar-refractivity contribution in [1.29, 1.82) is 0 Å². The van der Waals surface area contributed by atoms with E-state index in [0.717, 1.165) is 18.0 Å². The van der Waals surface area contributed by atoms with Gasteiger partial charge in [0.15, 0.2) is 4.21 Å². The zero-order valence-corrected chi connectivity index (χ0v) is 17.9. The Labute approximate surface area is 160 Å². The van der Waals surface area contributed by atoms with Crippen LogP contribution in [0.1, 0.15) is 48.0 Å². The fourth-order valence-electron chi connectivity index (χ4n) is 4.42. The molecular formula is C18H29N3O3S2. The SMILES string of the molecule is C[C@@H]1[C@@H]2C[C@H](CN1C(=O)[C@@H](NS(=O)(=O)c1ccns1)C(C)(C)C)C2(C)C. The van der Waals surface area contributed by atoms with E-state index in [1.807, 2.05) is 25.7 Å². The largest absolute Gasteiger partial charge is 0.338 e. The van der Waals surface area contributed by atoms with Crippen molar-refractivity contribution < 1.29 is 13.2 Å². The number of carbonyl (C=O) groups excluding carboxylic acids is 1. The minimum Gasteiger partial charge on any atom is -0.338 e. The molecule has 1 aromatic heterocycles. The van der Waals surface area contributed by atoms with Crippen molar-refractivity contribution in [3.05, 3.63) is 12.3 Å². The lowest BCUT2D eigenvalue weighted by Crippen LogP contribution is -2.68. The number of fused-ring (bicyclic) bond motifs is 2. The second kappa shape index (κ2) is 6.27. The molecule has 4 atom stereocenters. The number of nitrogens with zero attached hydrogens (tertiary/aromatic N) is 2. The number of aromatic nitrogens is 1. The number of rotatable bonds is 4. The first-order chi connectivity index (χ1) is 11.9. The van der Waals surface area contributed by atoms with Crippen LogP contribution in [0.15, 0.2) is 16.5 Å². The van der Waals surface area contributed by atoms with E-state index in [2.05, 4.69) is 29.9 Å². The molecule has 0 spiro atoms. The van der Waals surface area contributed by atoms with E-state index in [4.69, 9.17) is 0 Å². The molecule has 4 rings (SSSR count). The molecule has 1 saturated carbocycles. The summed E-state index contributed by atoms with van der Waals surface area (Å²) in [5.74, 6) is 0.846. The van der Waals surface area contributed by atoms with Crippen LogP contribution in [0.5, 0.6) is 0 Å². The summed E-state index contributed by atoms with van der Waals surface area (Å²) in [6.45, 7) is 13.0. The van der Waals surface area contributed by atoms with Crippen LogP contribution < -0.4 is 4.72 Å². The molecule has 0 unspecified atom stereocenters. The van der Waals surface area contributed by atoms with Gasteiger partial charge in [0.05, 0.1) is 0 Å². The summed E-state index contributed by atoms with van der Waals surface area (Å²) >= 11 is 0.912. The minimum absolute atomic E-state index is 0.122. The fraction of sp³-hybridized carbons (Fsp3) is 0.778. The number of sulfonamides is 1. The van der Waals surface area contributed by atoms with Crippen molar-refractivity contribution in [2.75, 3.05) is 6.54 Å².